The van der Waals surface area contributed by atoms with E-state index in [0.717, 1.165) is 17.5 Å². The molecule has 1 unspecified atom stereocenters. The summed E-state index contributed by atoms with van der Waals surface area (Å²) >= 11 is 0. The van der Waals surface area contributed by atoms with Crippen LogP contribution in [0.15, 0.2) is 48.7 Å². The molecule has 7 heteroatoms. The van der Waals surface area contributed by atoms with Crippen LogP contribution in [-0.2, 0) is 10.3 Å². The second-order valence-electron chi connectivity index (χ2n) is 7.33. The van der Waals surface area contributed by atoms with Crippen LogP contribution in [0.1, 0.15) is 18.5 Å². The van der Waals surface area contributed by atoms with E-state index in [9.17, 15) is 15.0 Å². The zero-order valence-electron chi connectivity index (χ0n) is 15.1. The SMILES string of the molecule is O=C1O[C@@H](CO)[C@@H]2COc3cc(-c4ccc(C5(O)C=CCC5)nc4)ccc3N12. The number of benzene rings is 1. The van der Waals surface area contributed by atoms with Crippen LogP contribution in [0.4, 0.5) is 10.5 Å². The number of aliphatic hydroxyl groups is 2. The number of hydrogen-bond donors (Lipinski definition) is 2. The third-order valence-corrected chi connectivity index (χ3v) is 5.64. The van der Waals surface area contributed by atoms with Gasteiger partial charge < -0.3 is 19.7 Å². The van der Waals surface area contributed by atoms with Gasteiger partial charge in [-0.2, -0.15) is 0 Å². The number of anilines is 1. The van der Waals surface area contributed by atoms with E-state index in [4.69, 9.17) is 9.47 Å². The highest BCUT2D eigenvalue weighted by atomic mass is 16.6. The summed E-state index contributed by atoms with van der Waals surface area (Å²) in [5.74, 6) is 0.589. The Morgan fingerprint density at radius 2 is 2.11 bits per heavy atom. The molecule has 3 heterocycles. The van der Waals surface area contributed by atoms with Gasteiger partial charge in [0, 0.05) is 11.8 Å². The van der Waals surface area contributed by atoms with Crippen molar-refractivity contribution < 1.29 is 24.5 Å². The average Bonchev–Trinajstić information content (AvgIpc) is 3.32. The molecular weight excluding hydrogens is 360 g/mol. The normalized spacial score (nSPS) is 27.9. The first-order valence-electron chi connectivity index (χ1n) is 9.33. The molecule has 1 aromatic carbocycles. The maximum absolute atomic E-state index is 12.2. The van der Waals surface area contributed by atoms with Crippen molar-refractivity contribution in [3.8, 4) is 16.9 Å². The zero-order chi connectivity index (χ0) is 19.3. The lowest BCUT2D eigenvalue weighted by atomic mass is 9.97. The van der Waals surface area contributed by atoms with Gasteiger partial charge in [0.25, 0.3) is 0 Å². The highest BCUT2D eigenvalue weighted by Crippen LogP contribution is 2.41. The zero-order valence-corrected chi connectivity index (χ0v) is 15.1. The number of carbonyl (C=O) groups is 1. The summed E-state index contributed by atoms with van der Waals surface area (Å²) < 4.78 is 11.1. The second-order valence-corrected chi connectivity index (χ2v) is 7.33. The molecule has 3 atom stereocenters. The molecule has 2 N–H and O–H groups in total. The first-order chi connectivity index (χ1) is 13.6. The first-order valence-corrected chi connectivity index (χ1v) is 9.33. The van der Waals surface area contributed by atoms with Crippen LogP contribution < -0.4 is 9.64 Å². The molecule has 144 valence electrons. The minimum absolute atomic E-state index is 0.233. The summed E-state index contributed by atoms with van der Waals surface area (Å²) in [5, 5.41) is 20.0. The van der Waals surface area contributed by atoms with E-state index < -0.39 is 17.8 Å². The standard InChI is InChI=1S/C21H20N2O5/c24-11-18-16-12-27-17-9-13(3-5-15(17)23(16)20(25)28-18)14-4-6-19(22-10-14)21(26)7-1-2-8-21/h1,3-7,9-10,16,18,24,26H,2,8,11-12H2/t16-,18-,21?/m0/s1. The van der Waals surface area contributed by atoms with E-state index in [2.05, 4.69) is 4.98 Å². The van der Waals surface area contributed by atoms with Gasteiger partial charge in [-0.3, -0.25) is 9.88 Å². The Bertz CT molecular complexity index is 958. The Balaban J connectivity index is 1.44. The van der Waals surface area contributed by atoms with Crippen LogP contribution >= 0.6 is 0 Å². The molecule has 3 aliphatic rings. The third-order valence-electron chi connectivity index (χ3n) is 5.64. The molecule has 0 spiro atoms. The van der Waals surface area contributed by atoms with E-state index in [1.807, 2.05) is 36.4 Å². The lowest BCUT2D eigenvalue weighted by Crippen LogP contribution is -2.45. The van der Waals surface area contributed by atoms with E-state index in [0.29, 0.717) is 23.6 Å². The number of amides is 1. The fraction of sp³-hybridized carbons (Fsp3) is 0.333. The third kappa shape index (κ3) is 2.58. The number of hydrogen-bond acceptors (Lipinski definition) is 6. The Hall–Kier alpha value is -2.90. The number of rotatable bonds is 3. The van der Waals surface area contributed by atoms with Crippen LogP contribution in [0.5, 0.6) is 5.75 Å². The molecule has 0 saturated carbocycles. The van der Waals surface area contributed by atoms with E-state index in [-0.39, 0.29) is 19.3 Å². The molecule has 1 amide bonds. The summed E-state index contributed by atoms with van der Waals surface area (Å²) in [6.07, 6.45) is 5.95. The molecule has 28 heavy (non-hydrogen) atoms. The van der Waals surface area contributed by atoms with E-state index in [1.165, 1.54) is 0 Å². The van der Waals surface area contributed by atoms with Gasteiger partial charge in [0.2, 0.25) is 0 Å². The summed E-state index contributed by atoms with van der Waals surface area (Å²) in [5.41, 5.74) is 2.08. The Kier molecular flexibility index (Phi) is 3.89. The smallest absolute Gasteiger partial charge is 0.415 e. The minimum Gasteiger partial charge on any atom is -0.489 e. The molecule has 1 aromatic heterocycles. The van der Waals surface area contributed by atoms with Gasteiger partial charge in [-0.1, -0.05) is 24.3 Å². The van der Waals surface area contributed by atoms with Crippen molar-refractivity contribution in [3.05, 3.63) is 54.4 Å². The van der Waals surface area contributed by atoms with Crippen molar-refractivity contribution in [3.63, 3.8) is 0 Å². The number of fused-ring (bicyclic) bond motifs is 3. The van der Waals surface area contributed by atoms with Gasteiger partial charge in [0.15, 0.2) is 6.10 Å². The van der Waals surface area contributed by atoms with Crippen LogP contribution in [0, 0.1) is 0 Å². The minimum atomic E-state index is -0.980. The molecule has 1 aliphatic carbocycles. The summed E-state index contributed by atoms with van der Waals surface area (Å²) in [7, 11) is 0. The number of pyridine rings is 1. The van der Waals surface area contributed by atoms with Gasteiger partial charge in [0.1, 0.15) is 24.0 Å². The lowest BCUT2D eigenvalue weighted by molar-refractivity contribution is 0.0734. The number of cyclic esters (lactones) is 1. The van der Waals surface area contributed by atoms with Crippen molar-refractivity contribution >= 4 is 11.8 Å². The predicted molar refractivity (Wildman–Crippen MR) is 101 cm³/mol. The number of aliphatic hydroxyl groups excluding tert-OH is 1. The number of carbonyl (C=O) groups excluding carboxylic acids is 1. The average molecular weight is 380 g/mol. The van der Waals surface area contributed by atoms with Gasteiger partial charge in [-0.25, -0.2) is 4.79 Å². The summed E-state index contributed by atoms with van der Waals surface area (Å²) in [6.45, 7) is 0.0349. The summed E-state index contributed by atoms with van der Waals surface area (Å²) in [4.78, 5) is 18.2. The van der Waals surface area contributed by atoms with Gasteiger partial charge in [0.05, 0.1) is 18.0 Å². The maximum atomic E-state index is 12.2. The van der Waals surface area contributed by atoms with Gasteiger partial charge in [-0.05, 0) is 36.6 Å². The molecule has 1 saturated heterocycles. The monoisotopic (exact) mass is 380 g/mol. The van der Waals surface area contributed by atoms with E-state index in [1.54, 1.807) is 17.2 Å². The molecule has 7 nitrogen and oxygen atoms in total. The van der Waals surface area contributed by atoms with E-state index >= 15 is 0 Å². The lowest BCUT2D eigenvalue weighted by Gasteiger charge is -2.31. The fourth-order valence-electron chi connectivity index (χ4n) is 4.07. The van der Waals surface area contributed by atoms with Crippen LogP contribution in [0.25, 0.3) is 11.1 Å². The number of ether oxygens (including phenoxy) is 2. The predicted octanol–water partition coefficient (Wildman–Crippen LogP) is 2.36. The molecule has 2 aromatic rings. The Morgan fingerprint density at radius 3 is 2.82 bits per heavy atom. The maximum Gasteiger partial charge on any atom is 0.415 e. The highest BCUT2D eigenvalue weighted by Gasteiger charge is 2.46. The fourth-order valence-corrected chi connectivity index (χ4v) is 4.07. The molecule has 0 radical (unpaired) electrons. The summed E-state index contributed by atoms with van der Waals surface area (Å²) in [6, 6.07) is 9.02. The molecule has 5 rings (SSSR count). The van der Waals surface area contributed by atoms with Gasteiger partial charge in [-0.15, -0.1) is 0 Å². The molecule has 1 fully saturated rings. The van der Waals surface area contributed by atoms with Crippen LogP contribution in [-0.4, -0.2) is 46.6 Å². The topological polar surface area (TPSA) is 92.1 Å². The van der Waals surface area contributed by atoms with Crippen LogP contribution in [0.2, 0.25) is 0 Å². The van der Waals surface area contributed by atoms with Crippen molar-refractivity contribution in [2.45, 2.75) is 30.6 Å². The van der Waals surface area contributed by atoms with Gasteiger partial charge >= 0.3 is 6.09 Å². The molecular formula is C21H20N2O5. The first kappa shape index (κ1) is 17.2. The van der Waals surface area contributed by atoms with Crippen molar-refractivity contribution in [2.24, 2.45) is 0 Å². The number of aromatic nitrogens is 1. The number of allylic oxidation sites excluding steroid dienone is 1. The largest absolute Gasteiger partial charge is 0.489 e. The van der Waals surface area contributed by atoms with Crippen molar-refractivity contribution in [2.75, 3.05) is 18.1 Å². The Morgan fingerprint density at radius 1 is 1.25 bits per heavy atom. The quantitative estimate of drug-likeness (QED) is 0.795. The second kappa shape index (κ2) is 6.32. The highest BCUT2D eigenvalue weighted by molar-refractivity contribution is 5.94. The van der Waals surface area contributed by atoms with Crippen molar-refractivity contribution in [1.29, 1.82) is 0 Å². The Labute approximate surface area is 161 Å². The van der Waals surface area contributed by atoms with Crippen molar-refractivity contribution in [1.82, 2.24) is 4.98 Å². The molecule has 0 bridgehead atoms. The van der Waals surface area contributed by atoms with Crippen LogP contribution in [0.3, 0.4) is 0 Å². The number of nitrogens with zero attached hydrogens (tertiary/aromatic N) is 2. The molecule has 2 aliphatic heterocycles.